The molecule has 0 unspecified atom stereocenters. The predicted octanol–water partition coefficient (Wildman–Crippen LogP) is 30.0. The van der Waals surface area contributed by atoms with E-state index < -0.39 is 17.5 Å². The van der Waals surface area contributed by atoms with E-state index in [4.69, 9.17) is 8.83 Å². The number of para-hydroxylation sites is 8. The molecule has 0 aliphatic carbocycles. The maximum absolute atomic E-state index is 7.25. The molecule has 0 spiro atoms. The van der Waals surface area contributed by atoms with Crippen molar-refractivity contribution in [1.82, 2.24) is 4.57 Å². The lowest BCUT2D eigenvalue weighted by Gasteiger charge is -2.48. The van der Waals surface area contributed by atoms with Gasteiger partial charge < -0.3 is 33.0 Å². The lowest BCUT2D eigenvalue weighted by molar-refractivity contribution is 0.668. The largest absolute Gasteiger partial charge is 0.456 e. The molecule has 4 aliphatic heterocycles. The highest BCUT2D eigenvalue weighted by Gasteiger charge is 2.51. The second-order valence-electron chi connectivity index (χ2n) is 34.7. The minimum Gasteiger partial charge on any atom is -0.456 e. The van der Waals surface area contributed by atoms with E-state index in [0.717, 1.165) is 179 Å². The second kappa shape index (κ2) is 28.8. The number of furan rings is 2. The molecule has 0 atom stereocenters. The van der Waals surface area contributed by atoms with E-state index in [1.807, 2.05) is 0 Å². The van der Waals surface area contributed by atoms with Crippen molar-refractivity contribution in [3.05, 3.63) is 518 Å². The van der Waals surface area contributed by atoms with Gasteiger partial charge in [0.15, 0.2) is 0 Å². The van der Waals surface area contributed by atoms with Crippen LogP contribution in [-0.4, -0.2) is 11.3 Å². The minimum absolute atomic E-state index is 0.409. The zero-order chi connectivity index (χ0) is 85.3. The van der Waals surface area contributed by atoms with Gasteiger partial charge in [0.1, 0.15) is 22.3 Å². The molecule has 7 heterocycles. The van der Waals surface area contributed by atoms with E-state index in [2.05, 4.69) is 497 Å². The van der Waals surface area contributed by atoms with Gasteiger partial charge in [-0.2, -0.15) is 0 Å². The van der Waals surface area contributed by atoms with Crippen LogP contribution >= 0.6 is 0 Å². The van der Waals surface area contributed by atoms with Crippen LogP contribution in [-0.2, 0) is 10.8 Å². The summed E-state index contributed by atoms with van der Waals surface area (Å²) in [5.74, 6) is 0. The van der Waals surface area contributed by atoms with E-state index in [1.54, 1.807) is 0 Å². The molecule has 23 aromatic rings. The second-order valence-corrected chi connectivity index (χ2v) is 34.7. The molecule has 0 amide bonds. The van der Waals surface area contributed by atoms with Gasteiger partial charge in [0.25, 0.3) is 6.71 Å². The molecule has 4 aliphatic rings. The number of anilines is 12. The number of benzene rings is 20. The number of nitrogens with zero attached hydrogens (tertiary/aromatic N) is 5. The molecule has 130 heavy (non-hydrogen) atoms. The third-order valence-electron chi connectivity index (χ3n) is 28.3. The van der Waals surface area contributed by atoms with Crippen molar-refractivity contribution < 1.29 is 8.83 Å². The van der Waals surface area contributed by atoms with Crippen LogP contribution in [0.5, 0.6) is 0 Å². The zero-order valence-electron chi connectivity index (χ0n) is 70.7. The van der Waals surface area contributed by atoms with Crippen molar-refractivity contribution >= 4 is 157 Å². The summed E-state index contributed by atoms with van der Waals surface area (Å²) >= 11 is 0. The van der Waals surface area contributed by atoms with E-state index >= 15 is 0 Å². The summed E-state index contributed by atoms with van der Waals surface area (Å²) in [4.78, 5) is 10.5. The normalized spacial score (nSPS) is 13.7. The SMILES string of the molecule is c1ccc(-c2ccc3oc4ccccc4c3c2N2c3cc(N4c5ccccc5C(c5ccccc5)(c5ccccc5)c5ccccc54)ccc3B3c4ccc(N5c6ccccc6C(c6ccccc6)(c6ccccc6)c6ccccc65)cc4N(c4c(-c5ccccc5)ccc5oc6ccccc6c45)c4cc(-c5ccc(-n6c7ccccc7c7ccccc76)cc5)cc2c43)cc1. The predicted molar refractivity (Wildman–Crippen MR) is 539 cm³/mol. The Hall–Kier alpha value is -16.9. The molecule has 7 nitrogen and oxygen atoms in total. The van der Waals surface area contributed by atoms with Crippen molar-refractivity contribution in [2.75, 3.05) is 19.6 Å². The molecular weight excluding hydrogens is 1580 g/mol. The topological polar surface area (TPSA) is 44.2 Å². The van der Waals surface area contributed by atoms with Gasteiger partial charge in [0.2, 0.25) is 0 Å². The number of rotatable bonds is 12. The molecule has 0 radical (unpaired) electrons. The van der Waals surface area contributed by atoms with Crippen LogP contribution in [0, 0.1) is 0 Å². The average molecular weight is 1660 g/mol. The van der Waals surface area contributed by atoms with Gasteiger partial charge in [0, 0.05) is 72.5 Å². The van der Waals surface area contributed by atoms with Gasteiger partial charge in [-0.1, -0.05) is 352 Å². The lowest BCUT2D eigenvalue weighted by Crippen LogP contribution is -2.61. The third-order valence-corrected chi connectivity index (χ3v) is 28.3. The van der Waals surface area contributed by atoms with Crippen molar-refractivity contribution in [3.8, 4) is 39.1 Å². The summed E-state index contributed by atoms with van der Waals surface area (Å²) in [5, 5.41) is 6.48. The Balaban J connectivity index is 0.793. The Morgan fingerprint density at radius 2 is 0.531 bits per heavy atom. The molecule has 27 rings (SSSR count). The van der Waals surface area contributed by atoms with E-state index in [9.17, 15) is 0 Å². The number of hydrogen-bond acceptors (Lipinski definition) is 6. The first-order chi connectivity index (χ1) is 64.5. The number of fused-ring (bicyclic) bond motifs is 17. The van der Waals surface area contributed by atoms with Gasteiger partial charge >= 0.3 is 0 Å². The molecule has 0 fully saturated rings. The van der Waals surface area contributed by atoms with Crippen LogP contribution in [0.25, 0.3) is 105 Å². The van der Waals surface area contributed by atoms with Crippen LogP contribution in [0.4, 0.5) is 68.2 Å². The minimum atomic E-state index is -0.711. The molecule has 8 heteroatoms. The molecule has 0 bridgehead atoms. The van der Waals surface area contributed by atoms with Crippen LogP contribution < -0.4 is 36.0 Å². The number of hydrogen-bond donors (Lipinski definition) is 0. The van der Waals surface area contributed by atoms with Crippen molar-refractivity contribution in [1.29, 1.82) is 0 Å². The lowest BCUT2D eigenvalue weighted by atomic mass is 9.33. The molecule has 0 saturated carbocycles. The molecule has 0 N–H and O–H groups in total. The summed E-state index contributed by atoms with van der Waals surface area (Å²) in [7, 11) is 0. The highest BCUT2D eigenvalue weighted by atomic mass is 16.3. The monoisotopic (exact) mass is 1660 g/mol. The maximum atomic E-state index is 7.25. The Kier molecular flexibility index (Phi) is 16.3. The molecule has 20 aromatic carbocycles. The van der Waals surface area contributed by atoms with Crippen LogP contribution in [0.3, 0.4) is 0 Å². The van der Waals surface area contributed by atoms with Crippen LogP contribution in [0.2, 0.25) is 0 Å². The fourth-order valence-corrected chi connectivity index (χ4v) is 23.0. The first kappa shape index (κ1) is 73.4. The van der Waals surface area contributed by atoms with Gasteiger partial charge in [-0.3, -0.25) is 0 Å². The van der Waals surface area contributed by atoms with Gasteiger partial charge in [-0.05, 0) is 204 Å². The summed E-state index contributed by atoms with van der Waals surface area (Å²) in [6, 6.07) is 176. The molecular formula is C122H78BN5O2. The van der Waals surface area contributed by atoms with E-state index in [1.165, 1.54) is 55.3 Å². The summed E-state index contributed by atoms with van der Waals surface area (Å²) < 4.78 is 16.9. The summed E-state index contributed by atoms with van der Waals surface area (Å²) in [6.45, 7) is -0.409. The standard InChI is InChI=1S/C122H78BN5O2/c1-7-35-80(36-8-1)90-69-73-114-116(94-49-21-33-61-112(94)129-114)119(90)127-108-77-88(125-104-57-29-23-51-96(104)121(83-39-11-3-12-40-83,84-41-13-4-14-42-84)97-52-24-30-58-105(97)125)67-71-100(108)123-101-72-68-89(126-106-59-31-25-53-98(106)122(85-43-15-5-16-44-85,86-45-17-6-18-46-86)99-54-26-32-60-107(99)126)78-109(101)128(120-91(81-37-9-2-10-38-81)70-74-115-117(120)95-50-22-34-62-113(95)130-115)111-76-82(75-110(127)118(111)123)79-63-65-87(66-64-79)124-102-55-27-19-47-92(102)93-48-20-28-56-103(93)124/h1-78H. The third kappa shape index (κ3) is 10.6. The average Bonchev–Trinajstić information content (AvgIpc) is 0.705. The zero-order valence-corrected chi connectivity index (χ0v) is 70.7. The van der Waals surface area contributed by atoms with Gasteiger partial charge in [-0.25, -0.2) is 0 Å². The Labute approximate surface area is 752 Å². The van der Waals surface area contributed by atoms with Crippen molar-refractivity contribution in [2.24, 2.45) is 0 Å². The van der Waals surface area contributed by atoms with Crippen molar-refractivity contribution in [3.63, 3.8) is 0 Å². The molecule has 606 valence electrons. The van der Waals surface area contributed by atoms with E-state index in [0.29, 0.717) is 0 Å². The highest BCUT2D eigenvalue weighted by molar-refractivity contribution is 7.00. The summed E-state index contributed by atoms with van der Waals surface area (Å²) in [5.41, 5.74) is 36.9. The van der Waals surface area contributed by atoms with Gasteiger partial charge in [0.05, 0.1) is 66.8 Å². The quantitative estimate of drug-likeness (QED) is 0.114. The van der Waals surface area contributed by atoms with E-state index in [-0.39, 0.29) is 0 Å². The van der Waals surface area contributed by atoms with Crippen LogP contribution in [0.15, 0.2) is 482 Å². The smallest absolute Gasteiger partial charge is 0.252 e. The first-order valence-corrected chi connectivity index (χ1v) is 44.9. The van der Waals surface area contributed by atoms with Crippen molar-refractivity contribution in [2.45, 2.75) is 10.8 Å². The highest BCUT2D eigenvalue weighted by Crippen LogP contribution is 2.63. The summed E-state index contributed by atoms with van der Waals surface area (Å²) in [6.07, 6.45) is 0. The Morgan fingerprint density at radius 1 is 0.208 bits per heavy atom. The molecule has 0 saturated heterocycles. The fourth-order valence-electron chi connectivity index (χ4n) is 23.0. The van der Waals surface area contributed by atoms with Gasteiger partial charge in [-0.15, -0.1) is 0 Å². The fraction of sp³-hybridized carbons (Fsp3) is 0.0164. The maximum Gasteiger partial charge on any atom is 0.252 e. The Bertz CT molecular complexity index is 7870. The number of aromatic nitrogens is 1. The van der Waals surface area contributed by atoms with Crippen LogP contribution in [0.1, 0.15) is 44.5 Å². The molecule has 3 aromatic heterocycles. The first-order valence-electron chi connectivity index (χ1n) is 44.9. The Morgan fingerprint density at radius 3 is 0.915 bits per heavy atom.